The first kappa shape index (κ1) is 19.1. The van der Waals surface area contributed by atoms with E-state index in [0.29, 0.717) is 0 Å². The predicted molar refractivity (Wildman–Crippen MR) is 106 cm³/mol. The van der Waals surface area contributed by atoms with Crippen LogP contribution in [0.5, 0.6) is 5.75 Å². The van der Waals surface area contributed by atoms with Crippen LogP contribution in [0, 0.1) is 5.92 Å². The molecule has 1 aromatic carbocycles. The topological polar surface area (TPSA) is 9.23 Å². The molecule has 0 N–H and O–H groups in total. The summed E-state index contributed by atoms with van der Waals surface area (Å²) in [6.07, 6.45) is 17.0. The third kappa shape index (κ3) is 6.71. The largest absolute Gasteiger partial charge is 0.494 e. The number of hydrogen-bond donors (Lipinski definition) is 0. The molecule has 0 radical (unpaired) electrons. The molecule has 0 heterocycles. The van der Waals surface area contributed by atoms with Crippen molar-refractivity contribution in [2.75, 3.05) is 6.61 Å². The molecule has 1 atom stereocenters. The third-order valence-electron chi connectivity index (χ3n) is 5.23. The van der Waals surface area contributed by atoms with Crippen LogP contribution in [-0.4, -0.2) is 6.61 Å². The van der Waals surface area contributed by atoms with Crippen molar-refractivity contribution >= 4 is 5.57 Å². The van der Waals surface area contributed by atoms with Crippen LogP contribution in [0.3, 0.4) is 0 Å². The first-order valence-electron chi connectivity index (χ1n) is 10.3. The number of ether oxygens (including phenoxy) is 1. The Morgan fingerprint density at radius 3 is 2.33 bits per heavy atom. The van der Waals surface area contributed by atoms with Gasteiger partial charge in [0.25, 0.3) is 0 Å². The lowest BCUT2D eigenvalue weighted by molar-refractivity contribution is 0.306. The highest BCUT2D eigenvalue weighted by molar-refractivity contribution is 5.66. The Labute approximate surface area is 149 Å². The van der Waals surface area contributed by atoms with E-state index in [2.05, 4.69) is 44.2 Å². The van der Waals surface area contributed by atoms with Gasteiger partial charge < -0.3 is 4.74 Å². The van der Waals surface area contributed by atoms with E-state index in [1.54, 1.807) is 0 Å². The van der Waals surface area contributed by atoms with Crippen LogP contribution in [0.4, 0.5) is 0 Å². The van der Waals surface area contributed by atoms with E-state index in [0.717, 1.165) is 24.7 Å². The first-order valence-corrected chi connectivity index (χ1v) is 10.3. The van der Waals surface area contributed by atoms with Gasteiger partial charge >= 0.3 is 0 Å². The quantitative estimate of drug-likeness (QED) is 0.384. The Kier molecular flexibility index (Phi) is 9.02. The van der Waals surface area contributed by atoms with E-state index in [9.17, 15) is 0 Å². The molecule has 0 fully saturated rings. The lowest BCUT2D eigenvalue weighted by Crippen LogP contribution is -2.05. The molecule has 0 saturated heterocycles. The molecule has 1 unspecified atom stereocenters. The molecular formula is C23H36O. The van der Waals surface area contributed by atoms with E-state index in [1.165, 1.54) is 75.3 Å². The highest BCUT2D eigenvalue weighted by Gasteiger charge is 2.15. The first-order chi connectivity index (χ1) is 11.8. The summed E-state index contributed by atoms with van der Waals surface area (Å²) in [5.41, 5.74) is 2.93. The van der Waals surface area contributed by atoms with Gasteiger partial charge in [0.2, 0.25) is 0 Å². The van der Waals surface area contributed by atoms with E-state index in [-0.39, 0.29) is 0 Å². The molecular weight excluding hydrogens is 292 g/mol. The third-order valence-corrected chi connectivity index (χ3v) is 5.23. The summed E-state index contributed by atoms with van der Waals surface area (Å²) in [4.78, 5) is 0. The van der Waals surface area contributed by atoms with Crippen molar-refractivity contribution in [1.82, 2.24) is 0 Å². The molecule has 1 heteroatoms. The van der Waals surface area contributed by atoms with Crippen LogP contribution in [0.25, 0.3) is 5.57 Å². The van der Waals surface area contributed by atoms with Gasteiger partial charge in [0.15, 0.2) is 0 Å². The fourth-order valence-electron chi connectivity index (χ4n) is 3.58. The van der Waals surface area contributed by atoms with Crippen molar-refractivity contribution in [3.8, 4) is 5.75 Å². The molecule has 0 bridgehead atoms. The van der Waals surface area contributed by atoms with E-state index in [4.69, 9.17) is 4.74 Å². The second kappa shape index (κ2) is 11.3. The fourth-order valence-corrected chi connectivity index (χ4v) is 3.58. The Balaban J connectivity index is 1.75. The maximum atomic E-state index is 5.81. The summed E-state index contributed by atoms with van der Waals surface area (Å²) < 4.78 is 5.81. The summed E-state index contributed by atoms with van der Waals surface area (Å²) in [5.74, 6) is 1.94. The molecule has 0 spiro atoms. The van der Waals surface area contributed by atoms with Gasteiger partial charge in [0.1, 0.15) is 5.75 Å². The van der Waals surface area contributed by atoms with Crippen molar-refractivity contribution in [2.45, 2.75) is 84.5 Å². The van der Waals surface area contributed by atoms with Crippen LogP contribution in [0.15, 0.2) is 30.3 Å². The van der Waals surface area contributed by atoms with Crippen LogP contribution in [-0.2, 0) is 0 Å². The molecule has 0 amide bonds. The Hall–Kier alpha value is -1.24. The summed E-state index contributed by atoms with van der Waals surface area (Å²) in [7, 11) is 0. The number of benzene rings is 1. The van der Waals surface area contributed by atoms with Gasteiger partial charge in [-0.05, 0) is 54.9 Å². The standard InChI is InChI=1S/C23H36O/c1-3-5-7-8-10-20-11-13-21(14-12-20)22-15-17-23(18-16-22)24-19-9-6-4-2/h13,15-18,20H,3-12,14,19H2,1-2H3. The van der Waals surface area contributed by atoms with Gasteiger partial charge in [0.05, 0.1) is 6.61 Å². The average molecular weight is 329 g/mol. The van der Waals surface area contributed by atoms with Crippen molar-refractivity contribution < 1.29 is 4.74 Å². The summed E-state index contributed by atoms with van der Waals surface area (Å²) in [6.45, 7) is 5.36. The second-order valence-electron chi connectivity index (χ2n) is 7.30. The molecule has 0 aromatic heterocycles. The minimum atomic E-state index is 0.843. The molecule has 134 valence electrons. The number of hydrogen-bond acceptors (Lipinski definition) is 1. The molecule has 1 aliphatic rings. The minimum absolute atomic E-state index is 0.843. The van der Waals surface area contributed by atoms with Crippen molar-refractivity contribution in [3.05, 3.63) is 35.9 Å². The predicted octanol–water partition coefficient (Wildman–Crippen LogP) is 7.41. The highest BCUT2D eigenvalue weighted by Crippen LogP contribution is 2.33. The van der Waals surface area contributed by atoms with Crippen LogP contribution >= 0.6 is 0 Å². The normalized spacial score (nSPS) is 17.6. The van der Waals surface area contributed by atoms with E-state index < -0.39 is 0 Å². The van der Waals surface area contributed by atoms with E-state index in [1.807, 2.05) is 0 Å². The highest BCUT2D eigenvalue weighted by atomic mass is 16.5. The Bertz CT molecular complexity index is 471. The van der Waals surface area contributed by atoms with Gasteiger partial charge in [-0.25, -0.2) is 0 Å². The van der Waals surface area contributed by atoms with Crippen molar-refractivity contribution in [3.63, 3.8) is 0 Å². The molecule has 2 rings (SSSR count). The fraction of sp³-hybridized carbons (Fsp3) is 0.652. The van der Waals surface area contributed by atoms with Gasteiger partial charge in [0, 0.05) is 0 Å². The summed E-state index contributed by atoms with van der Waals surface area (Å²) in [5, 5.41) is 0. The lowest BCUT2D eigenvalue weighted by atomic mass is 9.84. The zero-order valence-electron chi connectivity index (χ0n) is 15.9. The number of rotatable bonds is 11. The van der Waals surface area contributed by atoms with Crippen molar-refractivity contribution in [2.24, 2.45) is 5.92 Å². The van der Waals surface area contributed by atoms with Crippen LogP contribution in [0.2, 0.25) is 0 Å². The minimum Gasteiger partial charge on any atom is -0.494 e. The molecule has 24 heavy (non-hydrogen) atoms. The summed E-state index contributed by atoms with van der Waals surface area (Å²) in [6, 6.07) is 8.75. The smallest absolute Gasteiger partial charge is 0.119 e. The molecule has 1 aromatic rings. The lowest BCUT2D eigenvalue weighted by Gasteiger charge is -2.22. The number of unbranched alkanes of at least 4 members (excludes halogenated alkanes) is 5. The van der Waals surface area contributed by atoms with E-state index >= 15 is 0 Å². The molecule has 1 aliphatic carbocycles. The van der Waals surface area contributed by atoms with Gasteiger partial charge in [-0.1, -0.05) is 77.0 Å². The SMILES string of the molecule is CCCCCCC1CC=C(c2ccc(OCCCCC)cc2)CC1. The van der Waals surface area contributed by atoms with Crippen molar-refractivity contribution in [1.29, 1.82) is 0 Å². The zero-order chi connectivity index (χ0) is 17.0. The zero-order valence-corrected chi connectivity index (χ0v) is 15.9. The molecule has 1 nitrogen and oxygen atoms in total. The average Bonchev–Trinajstić information content (AvgIpc) is 2.64. The second-order valence-corrected chi connectivity index (χ2v) is 7.30. The Morgan fingerprint density at radius 2 is 1.67 bits per heavy atom. The van der Waals surface area contributed by atoms with Crippen LogP contribution < -0.4 is 4.74 Å². The number of allylic oxidation sites excluding steroid dienone is 2. The Morgan fingerprint density at radius 1 is 0.917 bits per heavy atom. The van der Waals surface area contributed by atoms with Gasteiger partial charge in [-0.2, -0.15) is 0 Å². The van der Waals surface area contributed by atoms with Crippen LogP contribution in [0.1, 0.15) is 90.0 Å². The molecule has 0 aliphatic heterocycles. The van der Waals surface area contributed by atoms with Gasteiger partial charge in [-0.15, -0.1) is 0 Å². The molecule has 0 saturated carbocycles. The maximum absolute atomic E-state index is 5.81. The maximum Gasteiger partial charge on any atom is 0.119 e. The monoisotopic (exact) mass is 328 g/mol. The summed E-state index contributed by atoms with van der Waals surface area (Å²) >= 11 is 0. The van der Waals surface area contributed by atoms with Gasteiger partial charge in [-0.3, -0.25) is 0 Å².